The molecule has 0 aromatic carbocycles. The van der Waals surface area contributed by atoms with Crippen LogP contribution in [-0.4, -0.2) is 0 Å². The van der Waals surface area contributed by atoms with Crippen LogP contribution in [0.25, 0.3) is 0 Å². The second-order valence-corrected chi connectivity index (χ2v) is 3.58. The van der Waals surface area contributed by atoms with Crippen LogP contribution < -0.4 is 0 Å². The van der Waals surface area contributed by atoms with Gasteiger partial charge in [0, 0.05) is 5.41 Å². The Kier molecular flexibility index (Phi) is 4.14. The molecule has 0 aromatic rings. The van der Waals surface area contributed by atoms with Crippen molar-refractivity contribution in [3.63, 3.8) is 0 Å². The number of rotatable bonds is 0. The van der Waals surface area contributed by atoms with Gasteiger partial charge in [-0.2, -0.15) is 0 Å². The molecule has 0 nitrogen and oxygen atoms in total. The summed E-state index contributed by atoms with van der Waals surface area (Å²) in [6.45, 7) is 8.00. The van der Waals surface area contributed by atoms with Crippen molar-refractivity contribution in [2.24, 2.45) is 11.3 Å². The van der Waals surface area contributed by atoms with Gasteiger partial charge in [0.05, 0.1) is 0 Å². The molecule has 0 amide bonds. The first-order valence-corrected chi connectivity index (χ1v) is 6.17. The monoisotopic (exact) mass is 202 g/mol. The van der Waals surface area contributed by atoms with E-state index in [2.05, 4.69) is 42.5 Å². The molecule has 1 spiro atoms. The molecule has 2 unspecified atom stereocenters. The average molecular weight is 202 g/mol. The number of hydrogen-bond donors (Lipinski definition) is 0. The fourth-order valence-corrected chi connectivity index (χ4v) is 2.21. The third kappa shape index (κ3) is 1.99. The van der Waals surface area contributed by atoms with Crippen LogP contribution in [0.5, 0.6) is 0 Å². The lowest BCUT2D eigenvalue weighted by Gasteiger charge is -2.18. The summed E-state index contributed by atoms with van der Waals surface area (Å²) >= 11 is 0. The van der Waals surface area contributed by atoms with Crippen LogP contribution in [0.15, 0.2) is 48.1 Å². The molecule has 3 aliphatic carbocycles. The van der Waals surface area contributed by atoms with Crippen LogP contribution >= 0.6 is 0 Å². The van der Waals surface area contributed by atoms with Gasteiger partial charge in [-0.1, -0.05) is 70.2 Å². The van der Waals surface area contributed by atoms with E-state index in [1.807, 2.05) is 27.7 Å². The third-order valence-electron chi connectivity index (χ3n) is 3.00. The second kappa shape index (κ2) is 5.16. The van der Waals surface area contributed by atoms with Crippen molar-refractivity contribution in [1.29, 1.82) is 0 Å². The van der Waals surface area contributed by atoms with E-state index < -0.39 is 0 Å². The van der Waals surface area contributed by atoms with Crippen molar-refractivity contribution in [3.05, 3.63) is 48.1 Å². The minimum atomic E-state index is 0.448. The molecular formula is C15H22. The Morgan fingerprint density at radius 2 is 1.80 bits per heavy atom. The first-order chi connectivity index (χ1) is 7.42. The van der Waals surface area contributed by atoms with E-state index >= 15 is 0 Å². The maximum absolute atomic E-state index is 2.35. The van der Waals surface area contributed by atoms with Gasteiger partial charge >= 0.3 is 0 Å². The summed E-state index contributed by atoms with van der Waals surface area (Å²) < 4.78 is 0. The number of hydrogen-bond acceptors (Lipinski definition) is 0. The van der Waals surface area contributed by atoms with E-state index in [9.17, 15) is 0 Å². The van der Waals surface area contributed by atoms with Crippen LogP contribution in [0.4, 0.5) is 0 Å². The zero-order valence-corrected chi connectivity index (χ0v) is 10.3. The Balaban J connectivity index is 0.000000255. The molecule has 3 aliphatic rings. The lowest BCUT2D eigenvalue weighted by atomic mass is 9.86. The molecule has 0 saturated heterocycles. The standard InChI is InChI=1S/C11H10.2C2H6/c1-2-7-11-8-10(11)6-3-5-9(11)4-1;2*1-2/h1-7,10H,8H2;2*1-2H3. The van der Waals surface area contributed by atoms with Gasteiger partial charge in [0.25, 0.3) is 0 Å². The highest BCUT2D eigenvalue weighted by Gasteiger charge is 2.53. The molecular weight excluding hydrogens is 180 g/mol. The highest BCUT2D eigenvalue weighted by Crippen LogP contribution is 2.62. The Morgan fingerprint density at radius 3 is 2.47 bits per heavy atom. The van der Waals surface area contributed by atoms with Gasteiger partial charge in [0.2, 0.25) is 0 Å². The lowest BCUT2D eigenvalue weighted by Crippen LogP contribution is -2.06. The van der Waals surface area contributed by atoms with Gasteiger partial charge in [-0.15, -0.1) is 0 Å². The molecule has 0 bridgehead atoms. The SMILES string of the molecule is C1=CC2=CC=CC3CC23C=C1.CC.CC. The minimum absolute atomic E-state index is 0.448. The molecule has 0 radical (unpaired) electrons. The van der Waals surface area contributed by atoms with Crippen molar-refractivity contribution in [1.82, 2.24) is 0 Å². The molecule has 2 atom stereocenters. The Morgan fingerprint density at radius 1 is 1.07 bits per heavy atom. The molecule has 82 valence electrons. The summed E-state index contributed by atoms with van der Waals surface area (Å²) in [5.74, 6) is 0.809. The van der Waals surface area contributed by atoms with Gasteiger partial charge in [-0.25, -0.2) is 0 Å². The highest BCUT2D eigenvalue weighted by atomic mass is 14.6. The number of allylic oxidation sites excluding steroid dienone is 8. The summed E-state index contributed by atoms with van der Waals surface area (Å²) in [7, 11) is 0. The van der Waals surface area contributed by atoms with Gasteiger partial charge in [-0.3, -0.25) is 0 Å². The molecule has 3 rings (SSSR count). The van der Waals surface area contributed by atoms with Gasteiger partial charge in [-0.05, 0) is 17.9 Å². The average Bonchev–Trinajstić information content (AvgIpc) is 3.06. The normalized spacial score (nSPS) is 32.3. The van der Waals surface area contributed by atoms with Crippen molar-refractivity contribution in [2.45, 2.75) is 34.1 Å². The van der Waals surface area contributed by atoms with E-state index in [0.717, 1.165) is 5.92 Å². The molecule has 1 fully saturated rings. The van der Waals surface area contributed by atoms with Crippen LogP contribution in [0.3, 0.4) is 0 Å². The van der Waals surface area contributed by atoms with Gasteiger partial charge in [0.1, 0.15) is 0 Å². The van der Waals surface area contributed by atoms with Crippen molar-refractivity contribution in [3.8, 4) is 0 Å². The smallest absolute Gasteiger partial charge is 0.0204 e. The molecule has 15 heavy (non-hydrogen) atoms. The van der Waals surface area contributed by atoms with Crippen LogP contribution in [0, 0.1) is 11.3 Å². The van der Waals surface area contributed by atoms with E-state index in [0.29, 0.717) is 5.41 Å². The van der Waals surface area contributed by atoms with E-state index in [4.69, 9.17) is 0 Å². The van der Waals surface area contributed by atoms with Gasteiger partial charge in [0.15, 0.2) is 0 Å². The molecule has 0 aromatic heterocycles. The highest BCUT2D eigenvalue weighted by molar-refractivity contribution is 5.50. The predicted molar refractivity (Wildman–Crippen MR) is 68.7 cm³/mol. The summed E-state index contributed by atoms with van der Waals surface area (Å²) in [5.41, 5.74) is 1.95. The largest absolute Gasteiger partial charge is 0.0802 e. The van der Waals surface area contributed by atoms with Crippen molar-refractivity contribution in [2.75, 3.05) is 0 Å². The Labute approximate surface area is 94.1 Å². The zero-order chi connectivity index (χ0) is 11.3. The van der Waals surface area contributed by atoms with E-state index in [1.165, 1.54) is 12.0 Å². The maximum Gasteiger partial charge on any atom is 0.0204 e. The zero-order valence-electron chi connectivity index (χ0n) is 10.3. The van der Waals surface area contributed by atoms with Crippen molar-refractivity contribution >= 4 is 0 Å². The fourth-order valence-electron chi connectivity index (χ4n) is 2.21. The maximum atomic E-state index is 2.35. The van der Waals surface area contributed by atoms with Gasteiger partial charge < -0.3 is 0 Å². The van der Waals surface area contributed by atoms with E-state index in [1.54, 1.807) is 0 Å². The summed E-state index contributed by atoms with van der Waals surface area (Å²) in [5, 5.41) is 0. The first kappa shape index (κ1) is 12.0. The molecule has 0 heteroatoms. The lowest BCUT2D eigenvalue weighted by molar-refractivity contribution is 0.738. The third-order valence-corrected chi connectivity index (χ3v) is 3.00. The second-order valence-electron chi connectivity index (χ2n) is 3.58. The molecule has 0 N–H and O–H groups in total. The molecule has 0 aliphatic heterocycles. The first-order valence-electron chi connectivity index (χ1n) is 6.17. The summed E-state index contributed by atoms with van der Waals surface area (Å²) in [4.78, 5) is 0. The molecule has 0 heterocycles. The molecule has 1 saturated carbocycles. The van der Waals surface area contributed by atoms with Crippen LogP contribution in [0.1, 0.15) is 34.1 Å². The van der Waals surface area contributed by atoms with Crippen LogP contribution in [0.2, 0.25) is 0 Å². The topological polar surface area (TPSA) is 0 Å². The Hall–Kier alpha value is -1.04. The Bertz CT molecular complexity index is 315. The van der Waals surface area contributed by atoms with E-state index in [-0.39, 0.29) is 0 Å². The summed E-state index contributed by atoms with van der Waals surface area (Å²) in [6.07, 6.45) is 17.0. The predicted octanol–water partition coefficient (Wildman–Crippen LogP) is 4.67. The fraction of sp³-hybridized carbons (Fsp3) is 0.467. The summed E-state index contributed by atoms with van der Waals surface area (Å²) in [6, 6.07) is 0. The quantitative estimate of drug-likeness (QED) is 0.535. The van der Waals surface area contributed by atoms with Crippen LogP contribution in [-0.2, 0) is 0 Å². The van der Waals surface area contributed by atoms with Crippen molar-refractivity contribution < 1.29 is 0 Å². The minimum Gasteiger partial charge on any atom is -0.0802 e.